The number of hydrogen-bond acceptors (Lipinski definition) is 5. The summed E-state index contributed by atoms with van der Waals surface area (Å²) in [6.07, 6.45) is -0.891. The molecule has 1 atom stereocenters. The van der Waals surface area contributed by atoms with Gasteiger partial charge in [-0.1, -0.05) is 23.2 Å². The third-order valence-electron chi connectivity index (χ3n) is 3.57. The van der Waals surface area contributed by atoms with E-state index in [2.05, 4.69) is 0 Å². The maximum atomic E-state index is 12.9. The zero-order valence-corrected chi connectivity index (χ0v) is 14.8. The average molecular weight is 403 g/mol. The van der Waals surface area contributed by atoms with Crippen molar-refractivity contribution in [3.05, 3.63) is 52.0 Å². The summed E-state index contributed by atoms with van der Waals surface area (Å²) >= 11 is 11.7. The first-order valence-corrected chi connectivity index (χ1v) is 9.17. The van der Waals surface area contributed by atoms with Crippen molar-refractivity contribution in [2.24, 2.45) is 5.73 Å². The summed E-state index contributed by atoms with van der Waals surface area (Å²) in [4.78, 5) is 11.7. The van der Waals surface area contributed by atoms with E-state index < -0.39 is 22.3 Å². The van der Waals surface area contributed by atoms with Crippen molar-refractivity contribution in [3.63, 3.8) is 0 Å². The van der Waals surface area contributed by atoms with Gasteiger partial charge in [-0.2, -0.15) is 4.31 Å². The standard InChI is InChI=1S/C15H12Cl2N2O5S/c16-11-3-1-9(7-12(11)17)19(15(18)21)25(22,23)10-2-4-13-8(5-10)6-14(20)24-13/h1-5,7,14,20H,6H2,(H2,18,21). The van der Waals surface area contributed by atoms with Crippen molar-refractivity contribution in [1.82, 2.24) is 0 Å². The fourth-order valence-electron chi connectivity index (χ4n) is 2.47. The van der Waals surface area contributed by atoms with Crippen LogP contribution in [0.3, 0.4) is 0 Å². The Morgan fingerprint density at radius 3 is 2.56 bits per heavy atom. The molecule has 2 aromatic carbocycles. The van der Waals surface area contributed by atoms with E-state index in [1.807, 2.05) is 0 Å². The second-order valence-corrected chi connectivity index (χ2v) is 7.85. The minimum atomic E-state index is -4.30. The van der Waals surface area contributed by atoms with Crippen LogP contribution in [0.1, 0.15) is 5.56 Å². The van der Waals surface area contributed by atoms with Crippen molar-refractivity contribution in [1.29, 1.82) is 0 Å². The molecule has 1 aliphatic rings. The average Bonchev–Trinajstić information content (AvgIpc) is 2.89. The van der Waals surface area contributed by atoms with Crippen LogP contribution in [0.25, 0.3) is 0 Å². The van der Waals surface area contributed by atoms with Gasteiger partial charge >= 0.3 is 6.03 Å². The summed E-state index contributed by atoms with van der Waals surface area (Å²) in [5.41, 5.74) is 5.75. The second kappa shape index (κ2) is 6.38. The number of rotatable bonds is 3. The van der Waals surface area contributed by atoms with E-state index in [1.54, 1.807) is 0 Å². The number of urea groups is 1. The fraction of sp³-hybridized carbons (Fsp3) is 0.133. The molecule has 3 rings (SSSR count). The lowest BCUT2D eigenvalue weighted by atomic mass is 10.2. The number of anilines is 1. The highest BCUT2D eigenvalue weighted by molar-refractivity contribution is 7.93. The molecular weight excluding hydrogens is 391 g/mol. The number of aliphatic hydroxyl groups is 1. The summed E-state index contributed by atoms with van der Waals surface area (Å²) in [6, 6.07) is 6.71. The van der Waals surface area contributed by atoms with Gasteiger partial charge in [-0.3, -0.25) is 0 Å². The van der Waals surface area contributed by atoms with Gasteiger partial charge < -0.3 is 15.6 Å². The van der Waals surface area contributed by atoms with Crippen molar-refractivity contribution in [3.8, 4) is 5.75 Å². The monoisotopic (exact) mass is 402 g/mol. The van der Waals surface area contributed by atoms with Gasteiger partial charge in [-0.05, 0) is 36.4 Å². The Morgan fingerprint density at radius 2 is 1.92 bits per heavy atom. The molecule has 0 aliphatic carbocycles. The molecular formula is C15H12Cl2N2O5S. The van der Waals surface area contributed by atoms with E-state index in [0.29, 0.717) is 15.6 Å². The third-order valence-corrected chi connectivity index (χ3v) is 6.03. The van der Waals surface area contributed by atoms with E-state index in [0.717, 1.165) is 0 Å². The van der Waals surface area contributed by atoms with Gasteiger partial charge in [0.15, 0.2) is 0 Å². The normalized spacial score (nSPS) is 16.2. The molecule has 3 N–H and O–H groups in total. The highest BCUT2D eigenvalue weighted by Gasteiger charge is 2.32. The molecule has 1 unspecified atom stereocenters. The summed E-state index contributed by atoms with van der Waals surface area (Å²) in [5, 5.41) is 9.77. The van der Waals surface area contributed by atoms with Crippen molar-refractivity contribution in [2.45, 2.75) is 17.6 Å². The quantitative estimate of drug-likeness (QED) is 0.819. The molecule has 0 saturated heterocycles. The molecule has 0 aromatic heterocycles. The molecule has 0 radical (unpaired) electrons. The summed E-state index contributed by atoms with van der Waals surface area (Å²) in [5.74, 6) is 0.381. The number of halogens is 2. The molecule has 2 aromatic rings. The first kappa shape index (κ1) is 17.8. The molecule has 1 heterocycles. The first-order chi connectivity index (χ1) is 11.7. The number of primary amides is 1. The van der Waals surface area contributed by atoms with Crippen LogP contribution in [-0.4, -0.2) is 25.8 Å². The number of fused-ring (bicyclic) bond motifs is 1. The minimum Gasteiger partial charge on any atom is -0.465 e. The van der Waals surface area contributed by atoms with Crippen LogP contribution in [0.2, 0.25) is 10.0 Å². The maximum Gasteiger partial charge on any atom is 0.333 e. The van der Waals surface area contributed by atoms with E-state index in [-0.39, 0.29) is 27.0 Å². The van der Waals surface area contributed by atoms with Gasteiger partial charge in [0.25, 0.3) is 10.0 Å². The highest BCUT2D eigenvalue weighted by atomic mass is 35.5. The van der Waals surface area contributed by atoms with Crippen LogP contribution in [0, 0.1) is 0 Å². The Kier molecular flexibility index (Phi) is 4.54. The van der Waals surface area contributed by atoms with Gasteiger partial charge in [0, 0.05) is 12.0 Å². The van der Waals surface area contributed by atoms with Gasteiger partial charge in [0.05, 0.1) is 20.6 Å². The Balaban J connectivity index is 2.08. The largest absolute Gasteiger partial charge is 0.465 e. The van der Waals surface area contributed by atoms with Crippen LogP contribution < -0.4 is 14.8 Å². The summed E-state index contributed by atoms with van der Waals surface area (Å²) in [6.45, 7) is 0. The first-order valence-electron chi connectivity index (χ1n) is 6.97. The number of carbonyl (C=O) groups excluding carboxylic acids is 1. The number of aliphatic hydroxyl groups excluding tert-OH is 1. The molecule has 0 fully saturated rings. The topological polar surface area (TPSA) is 110 Å². The van der Waals surface area contributed by atoms with Crippen LogP contribution in [-0.2, 0) is 16.4 Å². The molecule has 0 spiro atoms. The molecule has 2 amide bonds. The lowest BCUT2D eigenvalue weighted by molar-refractivity contribution is 0.00215. The molecule has 0 bridgehead atoms. The zero-order valence-electron chi connectivity index (χ0n) is 12.5. The van der Waals surface area contributed by atoms with E-state index in [1.165, 1.54) is 36.4 Å². The van der Waals surface area contributed by atoms with E-state index in [9.17, 15) is 18.3 Å². The molecule has 25 heavy (non-hydrogen) atoms. The SMILES string of the molecule is NC(=O)N(c1ccc(Cl)c(Cl)c1)S(=O)(=O)c1ccc2c(c1)CC(O)O2. The molecule has 132 valence electrons. The number of hydrogen-bond donors (Lipinski definition) is 2. The smallest absolute Gasteiger partial charge is 0.333 e. The van der Waals surface area contributed by atoms with Crippen molar-refractivity contribution < 1.29 is 23.1 Å². The van der Waals surface area contributed by atoms with Gasteiger partial charge in [-0.15, -0.1) is 0 Å². The Hall–Kier alpha value is -2.00. The van der Waals surface area contributed by atoms with Gasteiger partial charge in [-0.25, -0.2) is 13.2 Å². The fourth-order valence-corrected chi connectivity index (χ4v) is 4.13. The zero-order chi connectivity index (χ0) is 18.4. The molecule has 1 aliphatic heterocycles. The number of carbonyl (C=O) groups is 1. The Labute approximate surface area is 153 Å². The van der Waals surface area contributed by atoms with Crippen LogP contribution >= 0.6 is 23.2 Å². The van der Waals surface area contributed by atoms with Crippen LogP contribution in [0.4, 0.5) is 10.5 Å². The van der Waals surface area contributed by atoms with E-state index >= 15 is 0 Å². The number of amides is 2. The summed E-state index contributed by atoms with van der Waals surface area (Å²) < 4.78 is 31.3. The Morgan fingerprint density at radius 1 is 1.20 bits per heavy atom. The maximum absolute atomic E-state index is 12.9. The predicted octanol–water partition coefficient (Wildman–Crippen LogP) is 2.52. The number of nitrogens with two attached hydrogens (primary N) is 1. The molecule has 7 nitrogen and oxygen atoms in total. The van der Waals surface area contributed by atoms with Crippen molar-refractivity contribution in [2.75, 3.05) is 4.31 Å². The Bertz CT molecular complexity index is 964. The predicted molar refractivity (Wildman–Crippen MR) is 92.5 cm³/mol. The highest BCUT2D eigenvalue weighted by Crippen LogP contribution is 2.34. The van der Waals surface area contributed by atoms with Gasteiger partial charge in [0.1, 0.15) is 5.75 Å². The minimum absolute atomic E-state index is 0.0429. The molecule has 0 saturated carbocycles. The van der Waals surface area contributed by atoms with Gasteiger partial charge in [0.2, 0.25) is 6.29 Å². The lowest BCUT2D eigenvalue weighted by Crippen LogP contribution is -2.40. The van der Waals surface area contributed by atoms with Crippen molar-refractivity contribution >= 4 is 44.9 Å². The third kappa shape index (κ3) is 3.25. The van der Waals surface area contributed by atoms with E-state index in [4.69, 9.17) is 33.7 Å². The second-order valence-electron chi connectivity index (χ2n) is 5.25. The molecule has 10 heteroatoms. The lowest BCUT2D eigenvalue weighted by Gasteiger charge is -2.21. The number of ether oxygens (including phenoxy) is 1. The number of benzene rings is 2. The number of nitrogens with zero attached hydrogens (tertiary/aromatic N) is 1. The summed E-state index contributed by atoms with van der Waals surface area (Å²) in [7, 11) is -4.30. The van der Waals surface area contributed by atoms with Crippen LogP contribution in [0.15, 0.2) is 41.3 Å². The number of sulfonamides is 1. The van der Waals surface area contributed by atoms with Crippen LogP contribution in [0.5, 0.6) is 5.75 Å².